The van der Waals surface area contributed by atoms with Gasteiger partial charge in [-0.25, -0.2) is 0 Å². The van der Waals surface area contributed by atoms with Crippen LogP contribution >= 0.6 is 0 Å². The molecule has 1 N–H and O–H groups in total. The van der Waals surface area contributed by atoms with Crippen molar-refractivity contribution in [3.63, 3.8) is 0 Å². The Morgan fingerprint density at radius 3 is 2.04 bits per heavy atom. The van der Waals surface area contributed by atoms with Crippen LogP contribution in [0.15, 0.2) is 12.2 Å². The molecule has 4 atom stereocenters. The highest BCUT2D eigenvalue weighted by molar-refractivity contribution is 6.74. The van der Waals surface area contributed by atoms with Crippen LogP contribution in [0, 0.1) is 11.3 Å². The van der Waals surface area contributed by atoms with Crippen molar-refractivity contribution in [3.05, 3.63) is 12.2 Å². The summed E-state index contributed by atoms with van der Waals surface area (Å²) in [5, 5.41) is 10.3. The smallest absolute Gasteiger partial charge is 0.205 e. The maximum absolute atomic E-state index is 10.2. The van der Waals surface area contributed by atoms with Crippen LogP contribution in [0.3, 0.4) is 0 Å². The van der Waals surface area contributed by atoms with Gasteiger partial charge in [-0.15, -0.1) is 0 Å². The summed E-state index contributed by atoms with van der Waals surface area (Å²) in [5.74, 6) is 0.197. The zero-order valence-electron chi connectivity index (χ0n) is 17.4. The molecule has 1 aliphatic rings. The summed E-state index contributed by atoms with van der Waals surface area (Å²) in [6.45, 7) is 22.5. The Bertz CT molecular complexity index is 433. The van der Waals surface area contributed by atoms with Crippen molar-refractivity contribution in [2.45, 2.75) is 97.5 Å². The van der Waals surface area contributed by atoms with E-state index in [9.17, 15) is 5.11 Å². The molecule has 141 valence electrons. The minimum Gasteiger partial charge on any atom is -0.413 e. The Hall–Kier alpha value is 0.0538. The highest BCUT2D eigenvalue weighted by Gasteiger charge is 2.45. The summed E-state index contributed by atoms with van der Waals surface area (Å²) in [7, 11) is -2.71. The second-order valence-corrected chi connectivity index (χ2v) is 16.8. The molecule has 1 rings (SSSR count). The van der Waals surface area contributed by atoms with Gasteiger partial charge in [0, 0.05) is 12.3 Å². The molecule has 1 unspecified atom stereocenters. The van der Waals surface area contributed by atoms with Crippen molar-refractivity contribution in [1.82, 2.24) is 0 Å². The van der Waals surface area contributed by atoms with Gasteiger partial charge in [-0.1, -0.05) is 53.7 Å². The molecule has 1 aliphatic carbocycles. The van der Waals surface area contributed by atoms with Gasteiger partial charge in [0.05, 0.1) is 18.3 Å². The Morgan fingerprint density at radius 1 is 1.08 bits per heavy atom. The maximum Gasteiger partial charge on any atom is 0.205 e. The van der Waals surface area contributed by atoms with Gasteiger partial charge in [0.1, 0.15) is 0 Å². The van der Waals surface area contributed by atoms with E-state index in [2.05, 4.69) is 73.8 Å². The van der Waals surface area contributed by atoms with Gasteiger partial charge >= 0.3 is 0 Å². The summed E-state index contributed by atoms with van der Waals surface area (Å²) >= 11 is 0. The van der Waals surface area contributed by atoms with Crippen molar-refractivity contribution in [2.24, 2.45) is 11.3 Å². The van der Waals surface area contributed by atoms with Crippen LogP contribution < -0.4 is 0 Å². The van der Waals surface area contributed by atoms with Gasteiger partial charge in [-0.3, -0.25) is 0 Å². The van der Waals surface area contributed by atoms with Crippen LogP contribution in [-0.4, -0.2) is 40.8 Å². The molecule has 0 spiro atoms. The maximum atomic E-state index is 10.2. The standard InChI is InChI=1S/C19H39O3Si2/c1-18(2,3)17(21-23(7)8)15-12-11-14(20)13-16(15)22-24(9,10)19(4,5)6/h11-12,14-17,20H,13H2,1-10H3/t14-,15+,16-,17?/m0/s1. The van der Waals surface area contributed by atoms with E-state index >= 15 is 0 Å². The number of aliphatic hydroxyl groups excluding tert-OH is 1. The predicted octanol–water partition coefficient (Wildman–Crippen LogP) is 5.00. The molecule has 0 aromatic heterocycles. The van der Waals surface area contributed by atoms with E-state index in [0.717, 1.165) is 0 Å². The van der Waals surface area contributed by atoms with E-state index in [1.165, 1.54) is 0 Å². The molecule has 0 amide bonds. The first-order valence-electron chi connectivity index (χ1n) is 9.16. The number of hydrogen-bond acceptors (Lipinski definition) is 3. The molecule has 0 aliphatic heterocycles. The summed E-state index contributed by atoms with van der Waals surface area (Å²) in [4.78, 5) is 0. The number of hydrogen-bond donors (Lipinski definition) is 1. The second kappa shape index (κ2) is 7.74. The first-order chi connectivity index (χ1) is 10.6. The quantitative estimate of drug-likeness (QED) is 0.546. The lowest BCUT2D eigenvalue weighted by Crippen LogP contribution is -2.52. The van der Waals surface area contributed by atoms with E-state index in [0.29, 0.717) is 6.42 Å². The lowest BCUT2D eigenvalue weighted by molar-refractivity contribution is -0.0223. The number of rotatable bonds is 5. The highest BCUT2D eigenvalue weighted by Crippen LogP contribution is 2.42. The van der Waals surface area contributed by atoms with E-state index in [1.807, 2.05) is 6.08 Å². The first-order valence-corrected chi connectivity index (χ1v) is 14.5. The van der Waals surface area contributed by atoms with Crippen molar-refractivity contribution in [2.75, 3.05) is 0 Å². The monoisotopic (exact) mass is 371 g/mol. The summed E-state index contributed by atoms with van der Waals surface area (Å²) in [6.07, 6.45) is 4.46. The van der Waals surface area contributed by atoms with E-state index in [4.69, 9.17) is 8.85 Å². The molecule has 24 heavy (non-hydrogen) atoms. The van der Waals surface area contributed by atoms with Crippen molar-refractivity contribution < 1.29 is 14.0 Å². The first kappa shape index (κ1) is 22.1. The van der Waals surface area contributed by atoms with E-state index in [1.54, 1.807) is 0 Å². The van der Waals surface area contributed by atoms with Crippen LogP contribution in [0.2, 0.25) is 31.2 Å². The highest BCUT2D eigenvalue weighted by atomic mass is 28.4. The fraction of sp³-hybridized carbons (Fsp3) is 0.895. The molecule has 0 aromatic carbocycles. The minimum atomic E-state index is -1.90. The SMILES string of the molecule is C[Si](C)OC([C@@H]1C=C[C@H](O)C[C@@H]1O[Si](C)(C)C(C)(C)C)C(C)(C)C. The molecule has 1 radical (unpaired) electrons. The van der Waals surface area contributed by atoms with Gasteiger partial charge in [0.25, 0.3) is 0 Å². The average Bonchev–Trinajstić information content (AvgIpc) is 2.33. The molecular formula is C19H39O3Si2. The Labute approximate surface area is 152 Å². The third-order valence-corrected chi connectivity index (χ3v) is 10.5. The Morgan fingerprint density at radius 2 is 1.62 bits per heavy atom. The van der Waals surface area contributed by atoms with Crippen LogP contribution in [0.1, 0.15) is 48.0 Å². The fourth-order valence-electron chi connectivity index (χ4n) is 2.92. The second-order valence-electron chi connectivity index (χ2n) is 9.99. The van der Waals surface area contributed by atoms with Crippen molar-refractivity contribution >= 4 is 17.4 Å². The molecule has 0 heterocycles. The summed E-state index contributed by atoms with van der Waals surface area (Å²) in [5.41, 5.74) is 0.0360. The molecule has 3 nitrogen and oxygen atoms in total. The van der Waals surface area contributed by atoms with Crippen LogP contribution in [0.5, 0.6) is 0 Å². The van der Waals surface area contributed by atoms with Crippen molar-refractivity contribution in [1.29, 1.82) is 0 Å². The lowest BCUT2D eigenvalue weighted by Gasteiger charge is -2.47. The predicted molar refractivity (Wildman–Crippen MR) is 107 cm³/mol. The van der Waals surface area contributed by atoms with Gasteiger partial charge in [-0.05, 0) is 36.6 Å². The van der Waals surface area contributed by atoms with Crippen LogP contribution in [-0.2, 0) is 8.85 Å². The topological polar surface area (TPSA) is 38.7 Å². The van der Waals surface area contributed by atoms with Gasteiger partial charge < -0.3 is 14.0 Å². The molecule has 0 bridgehead atoms. The third kappa shape index (κ3) is 5.80. The molecule has 5 heteroatoms. The zero-order chi connectivity index (χ0) is 18.9. The average molecular weight is 372 g/mol. The van der Waals surface area contributed by atoms with Gasteiger partial charge in [0.2, 0.25) is 9.04 Å². The fourth-order valence-corrected chi connectivity index (χ4v) is 5.30. The van der Waals surface area contributed by atoms with Crippen molar-refractivity contribution in [3.8, 4) is 0 Å². The third-order valence-electron chi connectivity index (χ3n) is 5.28. The van der Waals surface area contributed by atoms with Gasteiger partial charge in [0.15, 0.2) is 8.32 Å². The van der Waals surface area contributed by atoms with Crippen LogP contribution in [0.25, 0.3) is 0 Å². The molecule has 0 saturated heterocycles. The lowest BCUT2D eigenvalue weighted by atomic mass is 9.76. The normalized spacial score (nSPS) is 27.6. The number of aliphatic hydroxyl groups is 1. The minimum absolute atomic E-state index is 0.0245. The Balaban J connectivity index is 3.13. The van der Waals surface area contributed by atoms with E-state index in [-0.39, 0.29) is 28.6 Å². The molecule has 0 saturated carbocycles. The summed E-state index contributed by atoms with van der Waals surface area (Å²) < 4.78 is 13.2. The zero-order valence-corrected chi connectivity index (χ0v) is 19.4. The van der Waals surface area contributed by atoms with E-state index < -0.39 is 23.5 Å². The largest absolute Gasteiger partial charge is 0.413 e. The summed E-state index contributed by atoms with van der Waals surface area (Å²) in [6, 6.07) is 0. The Kier molecular flexibility index (Phi) is 7.13. The van der Waals surface area contributed by atoms with Gasteiger partial charge in [-0.2, -0.15) is 0 Å². The molecular weight excluding hydrogens is 332 g/mol. The molecule has 0 fully saturated rings. The van der Waals surface area contributed by atoms with Crippen LogP contribution in [0.4, 0.5) is 0 Å². The molecule has 0 aromatic rings.